The lowest BCUT2D eigenvalue weighted by Gasteiger charge is -2.53. The third-order valence-corrected chi connectivity index (χ3v) is 13.3. The highest BCUT2D eigenvalue weighted by molar-refractivity contribution is 5.87. The molecule has 4 heterocycles. The van der Waals surface area contributed by atoms with Gasteiger partial charge in [-0.15, -0.1) is 0 Å². The number of H-pyrrole nitrogens is 2. The number of benzene rings is 1. The van der Waals surface area contributed by atoms with E-state index >= 15 is 0 Å². The molecule has 4 amide bonds. The summed E-state index contributed by atoms with van der Waals surface area (Å²) < 4.78 is 9.57. The number of nitrogens with zero attached hydrogens (tertiary/aromatic N) is 4. The third-order valence-electron chi connectivity index (χ3n) is 13.3. The van der Waals surface area contributed by atoms with Crippen molar-refractivity contribution in [3.8, 4) is 11.3 Å². The predicted molar refractivity (Wildman–Crippen MR) is 209 cm³/mol. The number of aromatic nitrogens is 4. The quantitative estimate of drug-likeness (QED) is 0.173. The van der Waals surface area contributed by atoms with Crippen LogP contribution in [0.5, 0.6) is 0 Å². The molecule has 2 bridgehead atoms. The second-order valence-electron chi connectivity index (χ2n) is 17.1. The average molecular weight is 771 g/mol. The number of amides is 4. The number of hydrogen-bond acceptors (Lipinski definition) is 8. The van der Waals surface area contributed by atoms with E-state index in [4.69, 9.17) is 19.4 Å². The number of carbonyl (C=O) groups excluding carboxylic acids is 4. The van der Waals surface area contributed by atoms with Crippen LogP contribution < -0.4 is 10.6 Å². The van der Waals surface area contributed by atoms with Gasteiger partial charge in [0.2, 0.25) is 11.8 Å². The maximum atomic E-state index is 13.7. The fourth-order valence-corrected chi connectivity index (χ4v) is 9.82. The Morgan fingerprint density at radius 3 is 1.64 bits per heavy atom. The lowest BCUT2D eigenvalue weighted by atomic mass is 9.51. The number of fused-ring (bicyclic) bond motifs is 3. The van der Waals surface area contributed by atoms with Gasteiger partial charge in [-0.25, -0.2) is 19.6 Å². The Kier molecular flexibility index (Phi) is 11.2. The molecule has 2 aromatic heterocycles. The topological polar surface area (TPSA) is 175 Å². The van der Waals surface area contributed by atoms with Gasteiger partial charge in [0, 0.05) is 36.5 Å². The molecule has 3 saturated carbocycles. The van der Waals surface area contributed by atoms with Crippen molar-refractivity contribution in [3.05, 3.63) is 59.6 Å². The first-order chi connectivity index (χ1) is 26.9. The number of likely N-dealkylation sites (tertiary alicyclic amines) is 2. The van der Waals surface area contributed by atoms with Gasteiger partial charge in [0.05, 0.1) is 37.7 Å². The van der Waals surface area contributed by atoms with E-state index in [2.05, 4.69) is 51.1 Å². The van der Waals surface area contributed by atoms with Crippen LogP contribution in [0, 0.1) is 11.8 Å². The zero-order chi connectivity index (χ0) is 39.8. The van der Waals surface area contributed by atoms with Crippen LogP contribution in [0.1, 0.15) is 127 Å². The van der Waals surface area contributed by atoms with Gasteiger partial charge in [-0.3, -0.25) is 9.59 Å². The predicted octanol–water partition coefficient (Wildman–Crippen LogP) is 6.43. The number of hydrogen-bond donors (Lipinski definition) is 4. The molecule has 4 N–H and O–H groups in total. The Morgan fingerprint density at radius 2 is 1.16 bits per heavy atom. The van der Waals surface area contributed by atoms with Crippen molar-refractivity contribution >= 4 is 24.0 Å². The highest BCUT2D eigenvalue weighted by Gasteiger charge is 2.51. The second-order valence-corrected chi connectivity index (χ2v) is 17.1. The van der Waals surface area contributed by atoms with Crippen molar-refractivity contribution in [1.82, 2.24) is 40.4 Å². The molecule has 302 valence electrons. The van der Waals surface area contributed by atoms with Crippen LogP contribution in [-0.4, -0.2) is 93.1 Å². The molecule has 3 aliphatic carbocycles. The first-order valence-electron chi connectivity index (χ1n) is 20.4. The van der Waals surface area contributed by atoms with E-state index in [0.717, 1.165) is 92.8 Å². The van der Waals surface area contributed by atoms with Crippen molar-refractivity contribution < 1.29 is 28.7 Å². The molecular weight excluding hydrogens is 713 g/mol. The maximum Gasteiger partial charge on any atom is 0.407 e. The average Bonchev–Trinajstić information content (AvgIpc) is 4.06. The molecule has 4 atom stereocenters. The fourth-order valence-electron chi connectivity index (χ4n) is 9.82. The van der Waals surface area contributed by atoms with Gasteiger partial charge < -0.3 is 39.9 Å². The summed E-state index contributed by atoms with van der Waals surface area (Å²) in [5.74, 6) is 1.20. The highest BCUT2D eigenvalue weighted by Crippen LogP contribution is 2.58. The molecule has 14 nitrogen and oxygen atoms in total. The number of imidazole rings is 2. The van der Waals surface area contributed by atoms with E-state index < -0.39 is 24.3 Å². The summed E-state index contributed by atoms with van der Waals surface area (Å²) in [6, 6.07) is 7.24. The fraction of sp³-hybridized carbons (Fsp3) is 0.619. The van der Waals surface area contributed by atoms with Crippen molar-refractivity contribution in [2.75, 3.05) is 27.3 Å². The van der Waals surface area contributed by atoms with Crippen LogP contribution in [0.3, 0.4) is 0 Å². The molecule has 2 aliphatic heterocycles. The Bertz CT molecular complexity index is 1880. The summed E-state index contributed by atoms with van der Waals surface area (Å²) >= 11 is 0. The van der Waals surface area contributed by atoms with E-state index in [1.165, 1.54) is 19.8 Å². The van der Waals surface area contributed by atoms with E-state index in [1.807, 2.05) is 43.7 Å². The third kappa shape index (κ3) is 7.38. The normalized spacial score (nSPS) is 25.7. The second kappa shape index (κ2) is 15.9. The van der Waals surface area contributed by atoms with Crippen LogP contribution in [0.25, 0.3) is 11.3 Å². The summed E-state index contributed by atoms with van der Waals surface area (Å²) in [4.78, 5) is 72.0. The Morgan fingerprint density at radius 1 is 0.696 bits per heavy atom. The summed E-state index contributed by atoms with van der Waals surface area (Å²) in [6.07, 6.45) is 12.7. The van der Waals surface area contributed by atoms with Gasteiger partial charge in [0.15, 0.2) is 0 Å². The van der Waals surface area contributed by atoms with Gasteiger partial charge in [0.25, 0.3) is 0 Å². The SMILES string of the molecule is COC(=O)N[C@H](C(=O)N1CCC[C@H]1c1nc(-c2ccc(C34CCC(c5c[nH]c([C@@H]6CCCN6C(=O)[C@@H](NC(=O)OC)C(C)C)n5)(CC3)CC4)cc2)c[nH]1)C(C)C. The molecule has 2 saturated heterocycles. The number of carbonyl (C=O) groups is 4. The molecular formula is C42H58N8O6. The number of alkyl carbamates (subject to hydrolysis) is 2. The zero-order valence-corrected chi connectivity index (χ0v) is 33.7. The molecule has 56 heavy (non-hydrogen) atoms. The Labute approximate surface area is 329 Å². The molecule has 5 aliphatic rings. The minimum atomic E-state index is -0.673. The molecule has 0 unspecified atom stereocenters. The van der Waals surface area contributed by atoms with Crippen LogP contribution in [0.15, 0.2) is 36.7 Å². The van der Waals surface area contributed by atoms with Crippen molar-refractivity contribution in [2.24, 2.45) is 11.8 Å². The van der Waals surface area contributed by atoms with Gasteiger partial charge in [0.1, 0.15) is 23.7 Å². The Hall–Kier alpha value is -4.88. The lowest BCUT2D eigenvalue weighted by Crippen LogP contribution is -2.51. The molecule has 14 heteroatoms. The first-order valence-corrected chi connectivity index (χ1v) is 20.4. The number of ether oxygens (including phenoxy) is 2. The molecule has 3 aromatic rings. The van der Waals surface area contributed by atoms with E-state index in [0.29, 0.717) is 13.1 Å². The summed E-state index contributed by atoms with van der Waals surface area (Å²) in [7, 11) is 2.61. The maximum absolute atomic E-state index is 13.7. The number of methoxy groups -OCH3 is 2. The Balaban J connectivity index is 0.994. The van der Waals surface area contributed by atoms with Gasteiger partial charge in [-0.1, -0.05) is 52.0 Å². The molecule has 8 rings (SSSR count). The van der Waals surface area contributed by atoms with Crippen molar-refractivity contribution in [2.45, 2.75) is 127 Å². The summed E-state index contributed by atoms with van der Waals surface area (Å²) in [5.41, 5.74) is 4.53. The van der Waals surface area contributed by atoms with Crippen LogP contribution in [0.2, 0.25) is 0 Å². The summed E-state index contributed by atoms with van der Waals surface area (Å²) in [6.45, 7) is 8.93. The zero-order valence-electron chi connectivity index (χ0n) is 33.7. The lowest BCUT2D eigenvalue weighted by molar-refractivity contribution is -0.136. The van der Waals surface area contributed by atoms with Gasteiger partial charge in [-0.2, -0.15) is 0 Å². The van der Waals surface area contributed by atoms with Gasteiger partial charge in [-0.05, 0) is 87.0 Å². The largest absolute Gasteiger partial charge is 0.453 e. The highest BCUT2D eigenvalue weighted by atomic mass is 16.5. The smallest absolute Gasteiger partial charge is 0.407 e. The molecule has 5 fully saturated rings. The molecule has 1 aromatic carbocycles. The number of nitrogens with one attached hydrogen (secondary N) is 4. The molecule has 0 radical (unpaired) electrons. The monoisotopic (exact) mass is 770 g/mol. The number of aromatic amines is 2. The molecule has 0 spiro atoms. The summed E-state index contributed by atoms with van der Waals surface area (Å²) in [5, 5.41) is 5.45. The van der Waals surface area contributed by atoms with E-state index in [1.54, 1.807) is 0 Å². The van der Waals surface area contributed by atoms with Gasteiger partial charge >= 0.3 is 12.2 Å². The van der Waals surface area contributed by atoms with E-state index in [9.17, 15) is 19.2 Å². The standard InChI is InChI=1S/C42H58N8O6/c1-25(2)33(47-39(53)55-5)37(51)49-21-7-9-30(49)35-43-23-29(45-35)27-11-13-28(14-12-27)41-15-18-42(19-16-41,20-17-41)32-24-44-36(46-32)31-10-8-22-50(31)38(52)34(26(3)4)48-40(54)56-6/h11-14,23-26,30-31,33-34H,7-10,15-22H2,1-6H3,(H,43,45)(H,44,46)(H,47,53)(H,48,54)/t30-,31-,33-,34-,41?,42?/m0/s1. The van der Waals surface area contributed by atoms with E-state index in [-0.39, 0.29) is 46.6 Å². The van der Waals surface area contributed by atoms with Crippen molar-refractivity contribution in [3.63, 3.8) is 0 Å². The first kappa shape index (κ1) is 39.4. The minimum Gasteiger partial charge on any atom is -0.453 e. The number of rotatable bonds is 11. The van der Waals surface area contributed by atoms with Crippen LogP contribution >= 0.6 is 0 Å². The van der Waals surface area contributed by atoms with Crippen LogP contribution in [-0.2, 0) is 29.9 Å². The van der Waals surface area contributed by atoms with Crippen LogP contribution in [0.4, 0.5) is 9.59 Å². The minimum absolute atomic E-state index is 0.0301. The van der Waals surface area contributed by atoms with Crippen molar-refractivity contribution in [1.29, 1.82) is 0 Å².